The molecule has 0 fully saturated rings. The Morgan fingerprint density at radius 1 is 1.47 bits per heavy atom. The lowest BCUT2D eigenvalue weighted by atomic mass is 10.2. The Labute approximate surface area is 104 Å². The van der Waals surface area contributed by atoms with Crippen LogP contribution in [0, 0.1) is 0 Å². The zero-order valence-corrected chi connectivity index (χ0v) is 10.2. The Morgan fingerprint density at radius 3 is 2.76 bits per heavy atom. The van der Waals surface area contributed by atoms with Crippen LogP contribution in [-0.2, 0) is 4.74 Å². The maximum atomic E-state index is 11.0. The summed E-state index contributed by atoms with van der Waals surface area (Å²) in [7, 11) is 0. The van der Waals surface area contributed by atoms with Crippen molar-refractivity contribution in [1.82, 2.24) is 0 Å². The number of anilines is 1. The number of carboxylic acids is 1. The third kappa shape index (κ3) is 3.80. The summed E-state index contributed by atoms with van der Waals surface area (Å²) in [5.74, 6) is -1.02. The number of ether oxygens (including phenoxy) is 2. The summed E-state index contributed by atoms with van der Waals surface area (Å²) in [6, 6.07) is 2.76. The SMILES string of the molecule is CCOCCOc1c(Cl)cc(N)cc1C(=O)O. The van der Waals surface area contributed by atoms with Crippen LogP contribution < -0.4 is 10.5 Å². The van der Waals surface area contributed by atoms with Gasteiger partial charge in [0.1, 0.15) is 12.2 Å². The Kier molecular flexibility index (Phi) is 5.06. The average Bonchev–Trinajstić information content (AvgIpc) is 2.25. The van der Waals surface area contributed by atoms with Gasteiger partial charge >= 0.3 is 5.97 Å². The van der Waals surface area contributed by atoms with Crippen molar-refractivity contribution in [1.29, 1.82) is 0 Å². The van der Waals surface area contributed by atoms with Crippen molar-refractivity contribution >= 4 is 23.3 Å². The average molecular weight is 260 g/mol. The molecule has 0 amide bonds. The topological polar surface area (TPSA) is 81.8 Å². The van der Waals surface area contributed by atoms with Gasteiger partial charge in [0.15, 0.2) is 5.75 Å². The maximum Gasteiger partial charge on any atom is 0.339 e. The van der Waals surface area contributed by atoms with E-state index in [4.69, 9.17) is 31.9 Å². The zero-order valence-electron chi connectivity index (χ0n) is 9.40. The van der Waals surface area contributed by atoms with Crippen molar-refractivity contribution in [3.05, 3.63) is 22.7 Å². The minimum absolute atomic E-state index is 0.0495. The number of hydrogen-bond donors (Lipinski definition) is 2. The Morgan fingerprint density at radius 2 is 2.18 bits per heavy atom. The van der Waals surface area contributed by atoms with E-state index in [2.05, 4.69) is 0 Å². The fourth-order valence-corrected chi connectivity index (χ4v) is 1.55. The van der Waals surface area contributed by atoms with Crippen LogP contribution in [0.15, 0.2) is 12.1 Å². The van der Waals surface area contributed by atoms with E-state index in [1.54, 1.807) is 0 Å². The largest absolute Gasteiger partial charge is 0.489 e. The molecular formula is C11H14ClNO4. The van der Waals surface area contributed by atoms with Gasteiger partial charge in [0.25, 0.3) is 0 Å². The highest BCUT2D eigenvalue weighted by Gasteiger charge is 2.16. The van der Waals surface area contributed by atoms with Gasteiger partial charge in [0, 0.05) is 12.3 Å². The summed E-state index contributed by atoms with van der Waals surface area (Å²) in [5.41, 5.74) is 5.75. The molecule has 1 rings (SSSR count). The van der Waals surface area contributed by atoms with Gasteiger partial charge in [0.2, 0.25) is 0 Å². The summed E-state index contributed by atoms with van der Waals surface area (Å²) in [4.78, 5) is 11.0. The minimum atomic E-state index is -1.13. The monoisotopic (exact) mass is 259 g/mol. The van der Waals surface area contributed by atoms with Crippen molar-refractivity contribution in [2.24, 2.45) is 0 Å². The molecule has 0 aliphatic rings. The highest BCUT2D eigenvalue weighted by Crippen LogP contribution is 2.31. The molecule has 0 spiro atoms. The van der Waals surface area contributed by atoms with Crippen LogP contribution in [0.25, 0.3) is 0 Å². The molecule has 0 aliphatic heterocycles. The number of halogens is 1. The number of nitrogen functional groups attached to an aromatic ring is 1. The summed E-state index contributed by atoms with van der Waals surface area (Å²) >= 11 is 5.88. The third-order valence-corrected chi connectivity index (χ3v) is 2.26. The number of benzene rings is 1. The molecule has 1 aromatic carbocycles. The second kappa shape index (κ2) is 6.32. The van der Waals surface area contributed by atoms with E-state index in [1.165, 1.54) is 12.1 Å². The van der Waals surface area contributed by atoms with Crippen LogP contribution in [0.2, 0.25) is 5.02 Å². The van der Waals surface area contributed by atoms with Crippen molar-refractivity contribution in [3.8, 4) is 5.75 Å². The molecular weight excluding hydrogens is 246 g/mol. The van der Waals surface area contributed by atoms with E-state index >= 15 is 0 Å². The molecule has 1 aromatic rings. The molecule has 94 valence electrons. The summed E-state index contributed by atoms with van der Waals surface area (Å²) in [5, 5.41) is 9.17. The molecule has 0 bridgehead atoms. The predicted octanol–water partition coefficient (Wildman–Crippen LogP) is 2.04. The first-order valence-electron chi connectivity index (χ1n) is 5.09. The summed E-state index contributed by atoms with van der Waals surface area (Å²) in [6.07, 6.45) is 0. The molecule has 0 atom stereocenters. The quantitative estimate of drug-likeness (QED) is 0.603. The molecule has 17 heavy (non-hydrogen) atoms. The van der Waals surface area contributed by atoms with Crippen molar-refractivity contribution in [2.45, 2.75) is 6.92 Å². The maximum absolute atomic E-state index is 11.0. The summed E-state index contributed by atoms with van der Waals surface area (Å²) in [6.45, 7) is 3.04. The van der Waals surface area contributed by atoms with Crippen LogP contribution in [0.1, 0.15) is 17.3 Å². The first-order chi connectivity index (χ1) is 8.06. The van der Waals surface area contributed by atoms with Crippen LogP contribution in [0.3, 0.4) is 0 Å². The van der Waals surface area contributed by atoms with Crippen molar-refractivity contribution < 1.29 is 19.4 Å². The fourth-order valence-electron chi connectivity index (χ4n) is 1.27. The van der Waals surface area contributed by atoms with Crippen LogP contribution in [0.4, 0.5) is 5.69 Å². The van der Waals surface area contributed by atoms with Crippen LogP contribution in [-0.4, -0.2) is 30.9 Å². The highest BCUT2D eigenvalue weighted by molar-refractivity contribution is 6.33. The minimum Gasteiger partial charge on any atom is -0.489 e. The van der Waals surface area contributed by atoms with E-state index < -0.39 is 5.97 Å². The number of aromatic carboxylic acids is 1. The molecule has 0 unspecified atom stereocenters. The van der Waals surface area contributed by atoms with Gasteiger partial charge in [-0.2, -0.15) is 0 Å². The van der Waals surface area contributed by atoms with Gasteiger partial charge < -0.3 is 20.3 Å². The molecule has 5 nitrogen and oxygen atoms in total. The van der Waals surface area contributed by atoms with Gasteiger partial charge in [-0.15, -0.1) is 0 Å². The molecule has 0 aliphatic carbocycles. The van der Waals surface area contributed by atoms with Gasteiger partial charge in [-0.05, 0) is 19.1 Å². The van der Waals surface area contributed by atoms with Crippen LogP contribution in [0.5, 0.6) is 5.75 Å². The lowest BCUT2D eigenvalue weighted by Gasteiger charge is -2.11. The molecule has 0 aromatic heterocycles. The normalized spacial score (nSPS) is 10.2. The number of hydrogen-bond acceptors (Lipinski definition) is 4. The molecule has 0 saturated heterocycles. The zero-order chi connectivity index (χ0) is 12.8. The molecule has 6 heteroatoms. The second-order valence-corrected chi connectivity index (χ2v) is 3.64. The highest BCUT2D eigenvalue weighted by atomic mass is 35.5. The molecule has 0 heterocycles. The Balaban J connectivity index is 2.85. The smallest absolute Gasteiger partial charge is 0.339 e. The Bertz CT molecular complexity index is 409. The van der Waals surface area contributed by atoms with Crippen LogP contribution >= 0.6 is 11.6 Å². The van der Waals surface area contributed by atoms with E-state index in [1.807, 2.05) is 6.92 Å². The van der Waals surface area contributed by atoms with E-state index in [0.717, 1.165) is 0 Å². The fraction of sp³-hybridized carbons (Fsp3) is 0.364. The van der Waals surface area contributed by atoms with Gasteiger partial charge in [-0.3, -0.25) is 0 Å². The number of carbonyl (C=O) groups is 1. The van der Waals surface area contributed by atoms with Crippen molar-refractivity contribution in [3.63, 3.8) is 0 Å². The molecule has 0 saturated carbocycles. The van der Waals surface area contributed by atoms with Crippen molar-refractivity contribution in [2.75, 3.05) is 25.6 Å². The first kappa shape index (κ1) is 13.6. The third-order valence-electron chi connectivity index (χ3n) is 1.97. The van der Waals surface area contributed by atoms with Gasteiger partial charge in [-0.1, -0.05) is 11.6 Å². The number of nitrogens with two attached hydrogens (primary N) is 1. The lowest BCUT2D eigenvalue weighted by Crippen LogP contribution is -2.10. The number of rotatable bonds is 6. The Hall–Kier alpha value is -1.46. The molecule has 0 radical (unpaired) electrons. The first-order valence-corrected chi connectivity index (χ1v) is 5.47. The van der Waals surface area contributed by atoms with Gasteiger partial charge in [-0.25, -0.2) is 4.79 Å². The second-order valence-electron chi connectivity index (χ2n) is 3.23. The lowest BCUT2D eigenvalue weighted by molar-refractivity contribution is 0.0687. The molecule has 3 N–H and O–H groups in total. The van der Waals surface area contributed by atoms with E-state index in [0.29, 0.717) is 13.2 Å². The summed E-state index contributed by atoms with van der Waals surface area (Å²) < 4.78 is 10.4. The van der Waals surface area contributed by atoms with E-state index in [9.17, 15) is 4.79 Å². The van der Waals surface area contributed by atoms with E-state index in [-0.39, 0.29) is 28.6 Å². The number of carboxylic acid groups (broad SMARTS) is 1. The predicted molar refractivity (Wildman–Crippen MR) is 64.8 cm³/mol. The standard InChI is InChI=1S/C11H14ClNO4/c1-2-16-3-4-17-10-8(11(14)15)5-7(13)6-9(10)12/h5-6H,2-4,13H2,1H3,(H,14,15). The van der Waals surface area contributed by atoms with Gasteiger partial charge in [0.05, 0.1) is 11.6 Å².